The first-order valence-corrected chi connectivity index (χ1v) is 6.97. The predicted molar refractivity (Wildman–Crippen MR) is 83.0 cm³/mol. The number of nitrogens with zero attached hydrogens (tertiary/aromatic N) is 2. The van der Waals surface area contributed by atoms with E-state index in [9.17, 15) is 4.79 Å². The zero-order valence-corrected chi connectivity index (χ0v) is 13.0. The molecule has 3 N–H and O–H groups in total. The minimum absolute atomic E-state index is 0.144. The van der Waals surface area contributed by atoms with Crippen LogP contribution in [0.4, 0.5) is 0 Å². The maximum Gasteiger partial charge on any atom is 0.255 e. The van der Waals surface area contributed by atoms with Crippen LogP contribution in [0.1, 0.15) is 34.2 Å². The van der Waals surface area contributed by atoms with E-state index in [0.29, 0.717) is 12.1 Å². The van der Waals surface area contributed by atoms with Gasteiger partial charge in [-0.05, 0) is 26.3 Å². The summed E-state index contributed by atoms with van der Waals surface area (Å²) in [6.45, 7) is 5.98. The standard InChI is InChI=1S/C16H22N4O/c1-11-14(12(2)20(4)19-11)15(21)18-16(3,10-17)13-8-6-5-7-9-13/h5-9H,10,17H2,1-4H3,(H,18,21). The van der Waals surface area contributed by atoms with Crippen LogP contribution in [0, 0.1) is 13.8 Å². The van der Waals surface area contributed by atoms with Crippen molar-refractivity contribution in [3.8, 4) is 0 Å². The first-order valence-electron chi connectivity index (χ1n) is 6.97. The number of hydrogen-bond acceptors (Lipinski definition) is 3. The van der Waals surface area contributed by atoms with Crippen molar-refractivity contribution in [2.24, 2.45) is 12.8 Å². The Hall–Kier alpha value is -2.14. The molecule has 2 rings (SSSR count). The zero-order valence-electron chi connectivity index (χ0n) is 13.0. The molecule has 0 saturated carbocycles. The summed E-state index contributed by atoms with van der Waals surface area (Å²) >= 11 is 0. The van der Waals surface area contributed by atoms with Gasteiger partial charge in [0.25, 0.3) is 5.91 Å². The molecule has 1 aromatic carbocycles. The van der Waals surface area contributed by atoms with Gasteiger partial charge in [-0.2, -0.15) is 5.10 Å². The van der Waals surface area contributed by atoms with Gasteiger partial charge in [-0.1, -0.05) is 30.3 Å². The maximum atomic E-state index is 12.6. The lowest BCUT2D eigenvalue weighted by Crippen LogP contribution is -2.49. The molecule has 1 aromatic heterocycles. The molecule has 112 valence electrons. The lowest BCUT2D eigenvalue weighted by molar-refractivity contribution is 0.0906. The highest BCUT2D eigenvalue weighted by atomic mass is 16.1. The van der Waals surface area contributed by atoms with Crippen molar-refractivity contribution in [3.05, 3.63) is 52.8 Å². The van der Waals surface area contributed by atoms with Crippen molar-refractivity contribution in [2.75, 3.05) is 6.54 Å². The maximum absolute atomic E-state index is 12.6. The molecule has 0 saturated heterocycles. The van der Waals surface area contributed by atoms with Gasteiger partial charge in [0.1, 0.15) is 0 Å². The highest BCUT2D eigenvalue weighted by molar-refractivity contribution is 5.97. The Bertz CT molecular complexity index is 648. The predicted octanol–water partition coefficient (Wildman–Crippen LogP) is 1.64. The second kappa shape index (κ2) is 5.69. The van der Waals surface area contributed by atoms with E-state index in [2.05, 4.69) is 10.4 Å². The second-order valence-corrected chi connectivity index (χ2v) is 5.53. The number of aromatic nitrogens is 2. The van der Waals surface area contributed by atoms with Crippen LogP contribution in [0.15, 0.2) is 30.3 Å². The van der Waals surface area contributed by atoms with Crippen molar-refractivity contribution in [2.45, 2.75) is 26.3 Å². The van der Waals surface area contributed by atoms with Crippen molar-refractivity contribution >= 4 is 5.91 Å². The van der Waals surface area contributed by atoms with Crippen LogP contribution in [0.25, 0.3) is 0 Å². The minimum Gasteiger partial charge on any atom is -0.341 e. The topological polar surface area (TPSA) is 72.9 Å². The minimum atomic E-state index is -0.604. The molecule has 0 bridgehead atoms. The Morgan fingerprint density at radius 3 is 2.43 bits per heavy atom. The molecule has 0 aliphatic heterocycles. The first kappa shape index (κ1) is 15.3. The first-order chi connectivity index (χ1) is 9.89. The molecular weight excluding hydrogens is 264 g/mol. The van der Waals surface area contributed by atoms with Crippen LogP contribution >= 0.6 is 0 Å². The summed E-state index contributed by atoms with van der Waals surface area (Å²) in [5.41, 5.74) is 8.48. The molecule has 5 nitrogen and oxygen atoms in total. The molecule has 5 heteroatoms. The molecule has 0 radical (unpaired) electrons. The fourth-order valence-corrected chi connectivity index (χ4v) is 2.46. The largest absolute Gasteiger partial charge is 0.341 e. The fourth-order valence-electron chi connectivity index (χ4n) is 2.46. The van der Waals surface area contributed by atoms with Gasteiger partial charge in [0, 0.05) is 19.3 Å². The van der Waals surface area contributed by atoms with Crippen molar-refractivity contribution in [1.82, 2.24) is 15.1 Å². The smallest absolute Gasteiger partial charge is 0.255 e. The Morgan fingerprint density at radius 2 is 1.95 bits per heavy atom. The Balaban J connectivity index is 2.33. The summed E-state index contributed by atoms with van der Waals surface area (Å²) in [7, 11) is 1.83. The Labute approximate surface area is 125 Å². The number of aryl methyl sites for hydroxylation is 2. The normalized spacial score (nSPS) is 13.8. The average Bonchev–Trinajstić information content (AvgIpc) is 2.73. The van der Waals surface area contributed by atoms with Crippen molar-refractivity contribution in [3.63, 3.8) is 0 Å². The summed E-state index contributed by atoms with van der Waals surface area (Å²) in [6, 6.07) is 9.76. The summed E-state index contributed by atoms with van der Waals surface area (Å²) in [5, 5.41) is 7.34. The molecule has 21 heavy (non-hydrogen) atoms. The van der Waals surface area contributed by atoms with Crippen LogP contribution in [-0.4, -0.2) is 22.2 Å². The van der Waals surface area contributed by atoms with Crippen molar-refractivity contribution < 1.29 is 4.79 Å². The fraction of sp³-hybridized carbons (Fsp3) is 0.375. The number of amides is 1. The number of nitrogens with one attached hydrogen (secondary N) is 1. The third-order valence-corrected chi connectivity index (χ3v) is 3.94. The summed E-state index contributed by atoms with van der Waals surface area (Å²) in [5.74, 6) is -0.144. The molecule has 1 unspecified atom stereocenters. The molecule has 0 aliphatic carbocycles. The van der Waals surface area contributed by atoms with E-state index in [0.717, 1.165) is 17.0 Å². The van der Waals surface area contributed by atoms with Gasteiger partial charge < -0.3 is 11.1 Å². The number of nitrogens with two attached hydrogens (primary N) is 1. The average molecular weight is 286 g/mol. The molecule has 0 spiro atoms. The van der Waals surface area contributed by atoms with E-state index < -0.39 is 5.54 Å². The van der Waals surface area contributed by atoms with Gasteiger partial charge in [-0.15, -0.1) is 0 Å². The van der Waals surface area contributed by atoms with Gasteiger partial charge in [0.15, 0.2) is 0 Å². The lowest BCUT2D eigenvalue weighted by atomic mass is 9.91. The molecule has 0 fully saturated rings. The van der Waals surface area contributed by atoms with Crippen LogP contribution in [-0.2, 0) is 12.6 Å². The number of rotatable bonds is 4. The third kappa shape index (κ3) is 2.83. The highest BCUT2D eigenvalue weighted by Crippen LogP contribution is 2.21. The zero-order chi connectivity index (χ0) is 15.6. The van der Waals surface area contributed by atoms with Gasteiger partial charge >= 0.3 is 0 Å². The monoisotopic (exact) mass is 286 g/mol. The van der Waals surface area contributed by atoms with E-state index >= 15 is 0 Å². The highest BCUT2D eigenvalue weighted by Gasteiger charge is 2.29. The van der Waals surface area contributed by atoms with Crippen molar-refractivity contribution in [1.29, 1.82) is 0 Å². The third-order valence-electron chi connectivity index (χ3n) is 3.94. The summed E-state index contributed by atoms with van der Waals surface area (Å²) in [6.07, 6.45) is 0. The van der Waals surface area contributed by atoms with E-state index in [1.165, 1.54) is 0 Å². The molecule has 0 aliphatic rings. The molecular formula is C16H22N4O. The number of carbonyl (C=O) groups is 1. The quantitative estimate of drug-likeness (QED) is 0.897. The van der Waals surface area contributed by atoms with E-state index in [1.54, 1.807) is 4.68 Å². The molecule has 1 heterocycles. The number of hydrogen-bond donors (Lipinski definition) is 2. The summed E-state index contributed by atoms with van der Waals surface area (Å²) in [4.78, 5) is 12.6. The number of carbonyl (C=O) groups excluding carboxylic acids is 1. The van der Waals surface area contributed by atoms with Crippen LogP contribution in [0.5, 0.6) is 0 Å². The van der Waals surface area contributed by atoms with Gasteiger partial charge in [0.05, 0.1) is 16.8 Å². The van der Waals surface area contributed by atoms with Crippen LogP contribution < -0.4 is 11.1 Å². The second-order valence-electron chi connectivity index (χ2n) is 5.53. The SMILES string of the molecule is Cc1nn(C)c(C)c1C(=O)NC(C)(CN)c1ccccc1. The number of benzene rings is 1. The lowest BCUT2D eigenvalue weighted by Gasteiger charge is -2.30. The van der Waals surface area contributed by atoms with Gasteiger partial charge in [-0.3, -0.25) is 9.48 Å². The van der Waals surface area contributed by atoms with E-state index in [-0.39, 0.29) is 5.91 Å². The van der Waals surface area contributed by atoms with Crippen LogP contribution in [0.2, 0.25) is 0 Å². The molecule has 2 aromatic rings. The van der Waals surface area contributed by atoms with E-state index in [4.69, 9.17) is 5.73 Å². The Morgan fingerprint density at radius 1 is 1.33 bits per heavy atom. The molecule has 1 atom stereocenters. The Kier molecular flexibility index (Phi) is 4.14. The molecule has 1 amide bonds. The van der Waals surface area contributed by atoms with Crippen LogP contribution in [0.3, 0.4) is 0 Å². The van der Waals surface area contributed by atoms with E-state index in [1.807, 2.05) is 58.2 Å². The van der Waals surface area contributed by atoms with Gasteiger partial charge in [-0.25, -0.2) is 0 Å². The van der Waals surface area contributed by atoms with Gasteiger partial charge in [0.2, 0.25) is 0 Å². The summed E-state index contributed by atoms with van der Waals surface area (Å²) < 4.78 is 1.71.